The van der Waals surface area contributed by atoms with Crippen LogP contribution in [0.3, 0.4) is 0 Å². The van der Waals surface area contributed by atoms with Gasteiger partial charge in [0.15, 0.2) is 6.10 Å². The number of aromatic nitrogens is 1. The first-order valence-corrected chi connectivity index (χ1v) is 6.08. The van der Waals surface area contributed by atoms with Gasteiger partial charge in [0.25, 0.3) is 0 Å². The number of rotatable bonds is 3. The summed E-state index contributed by atoms with van der Waals surface area (Å²) in [7, 11) is 0. The molecule has 2 unspecified atom stereocenters. The van der Waals surface area contributed by atoms with Crippen LogP contribution in [-0.4, -0.2) is 28.9 Å². The lowest BCUT2D eigenvalue weighted by Gasteiger charge is -2.27. The number of fused-ring (bicyclic) bond motifs is 1. The minimum absolute atomic E-state index is 0.213. The number of H-pyrrole nitrogens is 1. The van der Waals surface area contributed by atoms with Crippen LogP contribution < -0.4 is 10.9 Å². The van der Waals surface area contributed by atoms with Gasteiger partial charge in [0, 0.05) is 24.3 Å². The van der Waals surface area contributed by atoms with Crippen LogP contribution in [0.1, 0.15) is 30.1 Å². The van der Waals surface area contributed by atoms with E-state index in [1.54, 1.807) is 6.07 Å². The number of halogens is 3. The van der Waals surface area contributed by atoms with Crippen molar-refractivity contribution in [2.75, 3.05) is 6.54 Å². The van der Waals surface area contributed by atoms with Gasteiger partial charge in [0.1, 0.15) is 0 Å². The van der Waals surface area contributed by atoms with Gasteiger partial charge in [-0.05, 0) is 24.8 Å². The quantitative estimate of drug-likeness (QED) is 0.779. The van der Waals surface area contributed by atoms with Gasteiger partial charge in [0.2, 0.25) is 5.56 Å². The molecule has 1 heterocycles. The van der Waals surface area contributed by atoms with Crippen LogP contribution in [0.25, 0.3) is 0 Å². The van der Waals surface area contributed by atoms with Crippen LogP contribution in [0.5, 0.6) is 0 Å². The lowest BCUT2D eigenvalue weighted by molar-refractivity contribution is -0.202. The summed E-state index contributed by atoms with van der Waals surface area (Å²) in [6.45, 7) is -0.549. The van der Waals surface area contributed by atoms with E-state index >= 15 is 0 Å². The summed E-state index contributed by atoms with van der Waals surface area (Å²) in [4.78, 5) is 13.9. The molecule has 7 heteroatoms. The maximum atomic E-state index is 12.2. The minimum atomic E-state index is -4.62. The first-order valence-electron chi connectivity index (χ1n) is 6.08. The third kappa shape index (κ3) is 3.36. The first kappa shape index (κ1) is 14.1. The molecule has 2 rings (SSSR count). The number of pyridine rings is 1. The number of nitrogens with one attached hydrogen (secondary N) is 2. The fourth-order valence-corrected chi connectivity index (χ4v) is 2.28. The predicted molar refractivity (Wildman–Crippen MR) is 62.8 cm³/mol. The molecule has 1 aliphatic carbocycles. The molecule has 0 fully saturated rings. The Morgan fingerprint density at radius 3 is 2.89 bits per heavy atom. The Kier molecular flexibility index (Phi) is 3.96. The van der Waals surface area contributed by atoms with Crippen molar-refractivity contribution in [1.29, 1.82) is 0 Å². The highest BCUT2D eigenvalue weighted by Gasteiger charge is 2.38. The van der Waals surface area contributed by atoms with E-state index in [9.17, 15) is 18.0 Å². The molecule has 4 nitrogen and oxygen atoms in total. The zero-order chi connectivity index (χ0) is 14.0. The molecular weight excluding hydrogens is 261 g/mol. The van der Waals surface area contributed by atoms with Gasteiger partial charge in [-0.1, -0.05) is 6.07 Å². The smallest absolute Gasteiger partial charge is 0.382 e. The summed E-state index contributed by atoms with van der Waals surface area (Å²) >= 11 is 0. The highest BCUT2D eigenvalue weighted by molar-refractivity contribution is 5.26. The lowest BCUT2D eigenvalue weighted by atomic mass is 9.91. The summed E-state index contributed by atoms with van der Waals surface area (Å²) in [6.07, 6.45) is -4.81. The fourth-order valence-electron chi connectivity index (χ4n) is 2.28. The Balaban J connectivity index is 2.06. The molecular formula is C12H15F3N2O2. The fraction of sp³-hybridized carbons (Fsp3) is 0.583. The molecule has 3 N–H and O–H groups in total. The van der Waals surface area contributed by atoms with E-state index in [0.717, 1.165) is 17.7 Å². The number of aliphatic hydroxyl groups excluding tert-OH is 1. The van der Waals surface area contributed by atoms with Gasteiger partial charge < -0.3 is 15.4 Å². The van der Waals surface area contributed by atoms with Crippen LogP contribution in [-0.2, 0) is 6.42 Å². The van der Waals surface area contributed by atoms with Crippen molar-refractivity contribution in [3.8, 4) is 0 Å². The molecule has 1 aromatic heterocycles. The Bertz CT molecular complexity index is 498. The molecule has 0 saturated heterocycles. The summed E-state index contributed by atoms with van der Waals surface area (Å²) in [5.74, 6) is 0. The van der Waals surface area contributed by atoms with Crippen molar-refractivity contribution in [3.05, 3.63) is 33.7 Å². The van der Waals surface area contributed by atoms with Gasteiger partial charge in [-0.25, -0.2) is 0 Å². The zero-order valence-corrected chi connectivity index (χ0v) is 10.1. The average molecular weight is 276 g/mol. The van der Waals surface area contributed by atoms with Gasteiger partial charge in [-0.15, -0.1) is 0 Å². The number of aliphatic hydroxyl groups is 1. The van der Waals surface area contributed by atoms with Crippen molar-refractivity contribution >= 4 is 0 Å². The van der Waals surface area contributed by atoms with Crippen molar-refractivity contribution < 1.29 is 18.3 Å². The average Bonchev–Trinajstić information content (AvgIpc) is 2.34. The van der Waals surface area contributed by atoms with Crippen molar-refractivity contribution in [2.45, 2.75) is 37.6 Å². The zero-order valence-electron chi connectivity index (χ0n) is 10.1. The van der Waals surface area contributed by atoms with E-state index in [2.05, 4.69) is 10.3 Å². The third-order valence-electron chi connectivity index (χ3n) is 3.27. The van der Waals surface area contributed by atoms with Crippen molar-refractivity contribution in [3.63, 3.8) is 0 Å². The Morgan fingerprint density at radius 1 is 1.47 bits per heavy atom. The summed E-state index contributed by atoms with van der Waals surface area (Å²) in [5, 5.41) is 11.7. The predicted octanol–water partition coefficient (Wildman–Crippen LogP) is 1.27. The minimum Gasteiger partial charge on any atom is -0.382 e. The van der Waals surface area contributed by atoms with Crippen LogP contribution in [0, 0.1) is 0 Å². The maximum absolute atomic E-state index is 12.2. The molecule has 0 aromatic carbocycles. The van der Waals surface area contributed by atoms with Gasteiger partial charge in [0.05, 0.1) is 0 Å². The Morgan fingerprint density at radius 2 is 2.21 bits per heavy atom. The molecule has 106 valence electrons. The molecule has 2 atom stereocenters. The Labute approximate surface area is 107 Å². The van der Waals surface area contributed by atoms with E-state index in [1.165, 1.54) is 6.07 Å². The normalized spacial score (nSPS) is 20.9. The second kappa shape index (κ2) is 5.34. The maximum Gasteiger partial charge on any atom is 0.415 e. The topological polar surface area (TPSA) is 65.1 Å². The van der Waals surface area contributed by atoms with E-state index in [1.807, 2.05) is 0 Å². The largest absolute Gasteiger partial charge is 0.415 e. The summed E-state index contributed by atoms with van der Waals surface area (Å²) in [6, 6.07) is 2.72. The molecule has 0 spiro atoms. The SMILES string of the molecule is O=c1ccc2c([nH]1)CCCC2NCC(O)C(F)(F)F. The van der Waals surface area contributed by atoms with Crippen LogP contribution >= 0.6 is 0 Å². The number of hydrogen-bond donors (Lipinski definition) is 3. The molecule has 0 saturated carbocycles. The van der Waals surface area contributed by atoms with Crippen LogP contribution in [0.4, 0.5) is 13.2 Å². The second-order valence-corrected chi connectivity index (χ2v) is 4.67. The molecule has 1 aliphatic rings. The highest BCUT2D eigenvalue weighted by Crippen LogP contribution is 2.28. The molecule has 0 bridgehead atoms. The monoisotopic (exact) mass is 276 g/mol. The standard InChI is InChI=1S/C12H15F3N2O2/c13-12(14,15)10(18)6-16-8-2-1-3-9-7(8)4-5-11(19)17-9/h4-5,8,10,16,18H,1-3,6H2,(H,17,19). The molecule has 1 aromatic rings. The van der Waals surface area contributed by atoms with E-state index in [0.29, 0.717) is 12.8 Å². The van der Waals surface area contributed by atoms with Crippen LogP contribution in [0.15, 0.2) is 16.9 Å². The molecule has 0 radical (unpaired) electrons. The van der Waals surface area contributed by atoms with Gasteiger partial charge in [-0.3, -0.25) is 4.79 Å². The first-order chi connectivity index (χ1) is 8.88. The number of aryl methyl sites for hydroxylation is 1. The van der Waals surface area contributed by atoms with Gasteiger partial charge in [-0.2, -0.15) is 13.2 Å². The summed E-state index contributed by atoms with van der Waals surface area (Å²) in [5.41, 5.74) is 1.35. The highest BCUT2D eigenvalue weighted by atomic mass is 19.4. The van der Waals surface area contributed by atoms with E-state index in [-0.39, 0.29) is 11.6 Å². The molecule has 0 amide bonds. The Hall–Kier alpha value is -1.34. The third-order valence-corrected chi connectivity index (χ3v) is 3.27. The lowest BCUT2D eigenvalue weighted by Crippen LogP contribution is -2.40. The van der Waals surface area contributed by atoms with Gasteiger partial charge >= 0.3 is 6.18 Å². The van der Waals surface area contributed by atoms with Crippen LogP contribution in [0.2, 0.25) is 0 Å². The van der Waals surface area contributed by atoms with E-state index in [4.69, 9.17) is 5.11 Å². The summed E-state index contributed by atoms with van der Waals surface area (Å²) < 4.78 is 36.6. The number of aromatic amines is 1. The van der Waals surface area contributed by atoms with Crippen molar-refractivity contribution in [1.82, 2.24) is 10.3 Å². The molecule has 0 aliphatic heterocycles. The van der Waals surface area contributed by atoms with Crippen molar-refractivity contribution in [2.24, 2.45) is 0 Å². The van der Waals surface area contributed by atoms with E-state index < -0.39 is 18.8 Å². The number of hydrogen-bond acceptors (Lipinski definition) is 3. The number of alkyl halides is 3. The second-order valence-electron chi connectivity index (χ2n) is 4.67. The molecule has 19 heavy (non-hydrogen) atoms.